The van der Waals surface area contributed by atoms with E-state index < -0.39 is 0 Å². The van der Waals surface area contributed by atoms with Crippen LogP contribution in [0.15, 0.2) is 23.8 Å². The Hall–Kier alpha value is -2.08. The normalized spacial score (nSPS) is 10.4. The van der Waals surface area contributed by atoms with Gasteiger partial charge in [-0.15, -0.1) is 4.91 Å². The fraction of sp³-hybridized carbons (Fsp3) is 0.200. The lowest BCUT2D eigenvalue weighted by Crippen LogP contribution is -1.96. The van der Waals surface area contributed by atoms with Crippen molar-refractivity contribution in [3.05, 3.63) is 34.8 Å². The molecule has 2 heterocycles. The van der Waals surface area contributed by atoms with Crippen molar-refractivity contribution in [3.63, 3.8) is 0 Å². The molecule has 0 spiro atoms. The first-order chi connectivity index (χ1) is 7.77. The number of H-pyrrole nitrogens is 1. The van der Waals surface area contributed by atoms with Crippen LogP contribution in [0.2, 0.25) is 0 Å². The van der Waals surface area contributed by atoms with Crippen LogP contribution in [0, 0.1) is 11.8 Å². The summed E-state index contributed by atoms with van der Waals surface area (Å²) in [5.41, 5.74) is 1.75. The van der Waals surface area contributed by atoms with E-state index in [0.29, 0.717) is 22.6 Å². The molecule has 0 bridgehead atoms. The van der Waals surface area contributed by atoms with Crippen molar-refractivity contribution in [2.24, 2.45) is 5.18 Å². The number of nitrogens with zero attached hydrogens (tertiary/aromatic N) is 3. The molecule has 0 aromatic carbocycles. The topological polar surface area (TPSA) is 91.2 Å². The van der Waals surface area contributed by atoms with Crippen LogP contribution < -0.4 is 0 Å². The van der Waals surface area contributed by atoms with Gasteiger partial charge < -0.3 is 10.1 Å². The number of aromatic amines is 1. The zero-order valence-electron chi connectivity index (χ0n) is 8.64. The van der Waals surface area contributed by atoms with E-state index in [4.69, 9.17) is 0 Å². The monoisotopic (exact) mass is 218 g/mol. The molecule has 0 aliphatic rings. The summed E-state index contributed by atoms with van der Waals surface area (Å²) in [5.74, 6) is 0.504. The molecule has 2 rings (SSSR count). The van der Waals surface area contributed by atoms with E-state index in [1.54, 1.807) is 19.3 Å². The largest absolute Gasteiger partial charge is 0.392 e. The Labute approximate surface area is 91.4 Å². The Morgan fingerprint density at radius 2 is 2.31 bits per heavy atom. The van der Waals surface area contributed by atoms with Gasteiger partial charge in [0, 0.05) is 24.2 Å². The number of nitroso groups, excluding NO2 is 1. The highest BCUT2D eigenvalue weighted by atomic mass is 16.3. The molecule has 0 aliphatic carbocycles. The van der Waals surface area contributed by atoms with Crippen LogP contribution in [0.1, 0.15) is 11.3 Å². The Kier molecular flexibility index (Phi) is 2.74. The summed E-state index contributed by atoms with van der Waals surface area (Å²) in [6.07, 6.45) is 4.73. The van der Waals surface area contributed by atoms with Gasteiger partial charge in [0.1, 0.15) is 11.5 Å². The molecular weight excluding hydrogens is 208 g/mol. The van der Waals surface area contributed by atoms with Crippen molar-refractivity contribution in [2.45, 2.75) is 13.5 Å². The van der Waals surface area contributed by atoms with Gasteiger partial charge in [-0.25, -0.2) is 4.98 Å². The summed E-state index contributed by atoms with van der Waals surface area (Å²) < 4.78 is 0. The van der Waals surface area contributed by atoms with E-state index in [0.717, 1.165) is 0 Å². The maximum atomic E-state index is 10.8. The Bertz CT molecular complexity index is 508. The predicted molar refractivity (Wildman–Crippen MR) is 57.9 cm³/mol. The van der Waals surface area contributed by atoms with Crippen molar-refractivity contribution in [2.75, 3.05) is 0 Å². The molecule has 6 nitrogen and oxygen atoms in total. The summed E-state index contributed by atoms with van der Waals surface area (Å²) >= 11 is 0. The number of aryl methyl sites for hydroxylation is 1. The van der Waals surface area contributed by atoms with Gasteiger partial charge in [0.2, 0.25) is 0 Å². The number of aliphatic hydroxyl groups excluding tert-OH is 1. The quantitative estimate of drug-likeness (QED) is 0.766. The predicted octanol–water partition coefficient (Wildman–Crippen LogP) is 1.67. The first-order valence-corrected chi connectivity index (χ1v) is 4.70. The van der Waals surface area contributed by atoms with Crippen LogP contribution in [0.25, 0.3) is 11.4 Å². The molecule has 16 heavy (non-hydrogen) atoms. The Morgan fingerprint density at radius 3 is 2.88 bits per heavy atom. The minimum atomic E-state index is -0.216. The number of nitrogens with one attached hydrogen (secondary N) is 1. The van der Waals surface area contributed by atoms with Crippen LogP contribution in [-0.4, -0.2) is 20.1 Å². The average Bonchev–Trinajstić information content (AvgIpc) is 2.81. The summed E-state index contributed by atoms with van der Waals surface area (Å²) in [6, 6.07) is 0. The van der Waals surface area contributed by atoms with Crippen LogP contribution in [0.3, 0.4) is 0 Å². The maximum absolute atomic E-state index is 10.8. The molecule has 0 radical (unpaired) electrons. The van der Waals surface area contributed by atoms with E-state index in [2.05, 4.69) is 20.1 Å². The van der Waals surface area contributed by atoms with Crippen molar-refractivity contribution in [1.29, 1.82) is 0 Å². The molecule has 0 amide bonds. The fourth-order valence-electron chi connectivity index (χ4n) is 1.53. The van der Waals surface area contributed by atoms with Gasteiger partial charge in [0.15, 0.2) is 0 Å². The number of rotatable bonds is 3. The number of pyridine rings is 1. The van der Waals surface area contributed by atoms with E-state index in [1.165, 1.54) is 6.20 Å². The third-order valence-corrected chi connectivity index (χ3v) is 2.31. The van der Waals surface area contributed by atoms with Gasteiger partial charge in [0.05, 0.1) is 17.9 Å². The second kappa shape index (κ2) is 4.19. The molecule has 2 aromatic rings. The summed E-state index contributed by atoms with van der Waals surface area (Å²) in [6.45, 7) is 1.47. The molecule has 0 saturated carbocycles. The molecular formula is C10H10N4O2. The number of hydrogen-bond donors (Lipinski definition) is 2. The standard InChI is InChI=1S/C10H10N4O2/c1-6-9(14-16)8(7(5-15)4-13-6)10-11-2-3-12-10/h2-4,15H,5H2,1H3,(H,11,12). The van der Waals surface area contributed by atoms with Crippen LogP contribution >= 0.6 is 0 Å². The highest BCUT2D eigenvalue weighted by Gasteiger charge is 2.16. The zero-order valence-corrected chi connectivity index (χ0v) is 8.64. The lowest BCUT2D eigenvalue weighted by atomic mass is 10.1. The van der Waals surface area contributed by atoms with Crippen molar-refractivity contribution in [1.82, 2.24) is 15.0 Å². The van der Waals surface area contributed by atoms with E-state index in [9.17, 15) is 10.0 Å². The smallest absolute Gasteiger partial charge is 0.140 e. The third kappa shape index (κ3) is 1.59. The maximum Gasteiger partial charge on any atom is 0.140 e. The molecule has 2 aromatic heterocycles. The molecule has 0 aliphatic heterocycles. The Balaban J connectivity index is 2.73. The van der Waals surface area contributed by atoms with Crippen LogP contribution in [0.5, 0.6) is 0 Å². The average molecular weight is 218 g/mol. The van der Waals surface area contributed by atoms with Gasteiger partial charge in [0.25, 0.3) is 0 Å². The van der Waals surface area contributed by atoms with E-state index >= 15 is 0 Å². The van der Waals surface area contributed by atoms with Gasteiger partial charge in [-0.05, 0) is 12.1 Å². The third-order valence-electron chi connectivity index (χ3n) is 2.31. The molecule has 0 fully saturated rings. The van der Waals surface area contributed by atoms with Gasteiger partial charge in [-0.1, -0.05) is 0 Å². The molecule has 0 atom stereocenters. The Morgan fingerprint density at radius 1 is 1.50 bits per heavy atom. The van der Waals surface area contributed by atoms with E-state index in [1.807, 2.05) is 0 Å². The summed E-state index contributed by atoms with van der Waals surface area (Å²) in [5, 5.41) is 12.2. The molecule has 2 N–H and O–H groups in total. The minimum Gasteiger partial charge on any atom is -0.392 e. The van der Waals surface area contributed by atoms with Gasteiger partial charge in [-0.3, -0.25) is 4.98 Å². The van der Waals surface area contributed by atoms with Crippen molar-refractivity contribution >= 4 is 5.69 Å². The van der Waals surface area contributed by atoms with Crippen molar-refractivity contribution < 1.29 is 5.11 Å². The lowest BCUT2D eigenvalue weighted by Gasteiger charge is -2.08. The highest BCUT2D eigenvalue weighted by molar-refractivity contribution is 5.75. The minimum absolute atomic E-state index is 0.210. The first kappa shape index (κ1) is 10.4. The van der Waals surface area contributed by atoms with Crippen LogP contribution in [0.4, 0.5) is 5.69 Å². The SMILES string of the molecule is Cc1ncc(CO)c(-c2ncc[nH]2)c1N=O. The summed E-state index contributed by atoms with van der Waals surface area (Å²) in [7, 11) is 0. The number of aromatic nitrogens is 3. The zero-order chi connectivity index (χ0) is 11.5. The van der Waals surface area contributed by atoms with Crippen LogP contribution in [-0.2, 0) is 6.61 Å². The highest BCUT2D eigenvalue weighted by Crippen LogP contribution is 2.33. The van der Waals surface area contributed by atoms with Gasteiger partial charge >= 0.3 is 0 Å². The number of hydrogen-bond acceptors (Lipinski definition) is 5. The molecule has 0 saturated heterocycles. The molecule has 6 heteroatoms. The number of aliphatic hydroxyl groups is 1. The van der Waals surface area contributed by atoms with E-state index in [-0.39, 0.29) is 12.3 Å². The summed E-state index contributed by atoms with van der Waals surface area (Å²) in [4.78, 5) is 21.7. The lowest BCUT2D eigenvalue weighted by molar-refractivity contribution is 0.282. The fourth-order valence-corrected chi connectivity index (χ4v) is 1.53. The second-order valence-electron chi connectivity index (χ2n) is 3.28. The number of imidazole rings is 1. The second-order valence-corrected chi connectivity index (χ2v) is 3.28. The first-order valence-electron chi connectivity index (χ1n) is 4.70. The van der Waals surface area contributed by atoms with Gasteiger partial charge in [-0.2, -0.15) is 0 Å². The molecule has 82 valence electrons. The van der Waals surface area contributed by atoms with Crippen molar-refractivity contribution in [3.8, 4) is 11.4 Å². The molecule has 0 unspecified atom stereocenters.